The third kappa shape index (κ3) is 8.93. The normalized spacial score (nSPS) is 22.0. The Hall–Kier alpha value is -3.15. The summed E-state index contributed by atoms with van der Waals surface area (Å²) >= 11 is 0. The van der Waals surface area contributed by atoms with Crippen molar-refractivity contribution in [1.82, 2.24) is 0 Å². The van der Waals surface area contributed by atoms with Crippen molar-refractivity contribution in [2.45, 2.75) is 102 Å². The van der Waals surface area contributed by atoms with Crippen LogP contribution in [0.5, 0.6) is 17.2 Å². The monoisotopic (exact) mass is 600 g/mol. The van der Waals surface area contributed by atoms with Gasteiger partial charge in [0.05, 0.1) is 18.6 Å². The van der Waals surface area contributed by atoms with Crippen molar-refractivity contribution in [2.75, 3.05) is 13.2 Å². The van der Waals surface area contributed by atoms with Gasteiger partial charge in [0, 0.05) is 6.07 Å². The van der Waals surface area contributed by atoms with E-state index in [2.05, 4.69) is 6.92 Å². The molecular formula is C33H44O10. The highest BCUT2D eigenvalue weighted by molar-refractivity contribution is 5.86. The zero-order valence-corrected chi connectivity index (χ0v) is 24.7. The van der Waals surface area contributed by atoms with Crippen LogP contribution in [0, 0.1) is 0 Å². The first kappa shape index (κ1) is 32.8. The van der Waals surface area contributed by atoms with Crippen molar-refractivity contribution < 1.29 is 43.8 Å². The van der Waals surface area contributed by atoms with Crippen LogP contribution in [-0.4, -0.2) is 64.3 Å². The lowest BCUT2D eigenvalue weighted by Gasteiger charge is -2.39. The molecule has 5 atom stereocenters. The number of fused-ring (bicyclic) bond motifs is 1. The highest BCUT2D eigenvalue weighted by Crippen LogP contribution is 2.37. The maximum absolute atomic E-state index is 13.2. The quantitative estimate of drug-likeness (QED) is 0.129. The topological polar surface area (TPSA) is 148 Å². The van der Waals surface area contributed by atoms with Gasteiger partial charge in [-0.05, 0) is 24.1 Å². The van der Waals surface area contributed by atoms with E-state index in [0.717, 1.165) is 18.4 Å². The molecule has 10 nitrogen and oxygen atoms in total. The number of aliphatic hydroxyl groups is 4. The number of hydrogen-bond donors (Lipinski definition) is 4. The fourth-order valence-corrected chi connectivity index (χ4v) is 5.08. The van der Waals surface area contributed by atoms with Gasteiger partial charge in [-0.2, -0.15) is 0 Å². The van der Waals surface area contributed by atoms with E-state index in [9.17, 15) is 25.2 Å². The van der Waals surface area contributed by atoms with Crippen LogP contribution in [0.3, 0.4) is 0 Å². The SMILES string of the molecule is CCCCCCCCCCCOc1ccc2c(OCc3ccccc3)c(O[C@@H]3O[C@H](CO)[C@H](O)[C@H](O)[C@H]3O)c(=O)oc2c1. The van der Waals surface area contributed by atoms with Crippen LogP contribution in [0.4, 0.5) is 0 Å². The Morgan fingerprint density at radius 1 is 0.791 bits per heavy atom. The molecule has 43 heavy (non-hydrogen) atoms. The highest BCUT2D eigenvalue weighted by atomic mass is 16.7. The van der Waals surface area contributed by atoms with Crippen molar-refractivity contribution >= 4 is 11.0 Å². The van der Waals surface area contributed by atoms with Crippen molar-refractivity contribution in [1.29, 1.82) is 0 Å². The molecule has 0 radical (unpaired) electrons. The van der Waals surface area contributed by atoms with Gasteiger partial charge in [0.1, 0.15) is 42.4 Å². The van der Waals surface area contributed by atoms with E-state index < -0.39 is 42.9 Å². The van der Waals surface area contributed by atoms with E-state index in [-0.39, 0.29) is 23.7 Å². The molecule has 2 heterocycles. The van der Waals surface area contributed by atoms with E-state index in [4.69, 9.17) is 23.4 Å². The zero-order valence-electron chi connectivity index (χ0n) is 24.7. The van der Waals surface area contributed by atoms with Gasteiger partial charge in [0.2, 0.25) is 6.29 Å². The van der Waals surface area contributed by atoms with Gasteiger partial charge in [-0.1, -0.05) is 88.6 Å². The molecule has 10 heteroatoms. The largest absolute Gasteiger partial charge is 0.493 e. The van der Waals surface area contributed by atoms with Crippen molar-refractivity contribution in [2.24, 2.45) is 0 Å². The second-order valence-electron chi connectivity index (χ2n) is 11.0. The second-order valence-corrected chi connectivity index (χ2v) is 11.0. The predicted molar refractivity (Wildman–Crippen MR) is 160 cm³/mol. The molecule has 1 fully saturated rings. The summed E-state index contributed by atoms with van der Waals surface area (Å²) in [6, 6.07) is 14.4. The fourth-order valence-electron chi connectivity index (χ4n) is 5.08. The van der Waals surface area contributed by atoms with Crippen molar-refractivity contribution in [3.8, 4) is 17.2 Å². The smallest absolute Gasteiger partial charge is 0.383 e. The molecule has 0 unspecified atom stereocenters. The highest BCUT2D eigenvalue weighted by Gasteiger charge is 2.45. The van der Waals surface area contributed by atoms with E-state index in [1.165, 1.54) is 44.9 Å². The Morgan fingerprint density at radius 2 is 1.49 bits per heavy atom. The second kappa shape index (κ2) is 16.6. The molecule has 0 aliphatic carbocycles. The molecule has 236 valence electrons. The molecule has 0 spiro atoms. The zero-order chi connectivity index (χ0) is 30.6. The summed E-state index contributed by atoms with van der Waals surface area (Å²) in [6.07, 6.45) is 3.14. The summed E-state index contributed by atoms with van der Waals surface area (Å²) in [6.45, 7) is 2.22. The van der Waals surface area contributed by atoms with E-state index in [1.54, 1.807) is 18.2 Å². The molecule has 4 N–H and O–H groups in total. The Balaban J connectivity index is 1.48. The molecule has 0 saturated carbocycles. The van der Waals surface area contributed by atoms with Crippen LogP contribution in [0.25, 0.3) is 11.0 Å². The third-order valence-corrected chi connectivity index (χ3v) is 7.62. The lowest BCUT2D eigenvalue weighted by Crippen LogP contribution is -2.60. The van der Waals surface area contributed by atoms with Crippen LogP contribution < -0.4 is 19.8 Å². The molecule has 0 bridgehead atoms. The van der Waals surface area contributed by atoms with Gasteiger partial charge in [-0.25, -0.2) is 4.79 Å². The summed E-state index contributed by atoms with van der Waals surface area (Å²) in [7, 11) is 0. The lowest BCUT2D eigenvalue weighted by molar-refractivity contribution is -0.278. The summed E-state index contributed by atoms with van der Waals surface area (Å²) in [5.41, 5.74) is 0.158. The Morgan fingerprint density at radius 3 is 2.19 bits per heavy atom. The number of unbranched alkanes of at least 4 members (excludes halogenated alkanes) is 8. The summed E-state index contributed by atoms with van der Waals surface area (Å²) < 4.78 is 28.8. The number of hydrogen-bond acceptors (Lipinski definition) is 10. The molecular weight excluding hydrogens is 556 g/mol. The maximum Gasteiger partial charge on any atom is 0.383 e. The molecule has 2 aromatic carbocycles. The Labute approximate surface area is 251 Å². The first-order chi connectivity index (χ1) is 20.9. The standard InChI is InChI=1S/C33H44O10/c1-2-3-4-5-6-7-8-9-13-18-39-23-16-17-24-25(19-23)41-32(38)31(30(24)40-21-22-14-11-10-12-15-22)43-33-29(37)28(36)27(35)26(20-34)42-33/h10-12,14-17,19,26-29,33-37H,2-9,13,18,20-21H2,1H3/t26-,27+,28+,29-,33+/m1/s1. The number of rotatable bonds is 17. The van der Waals surface area contributed by atoms with Crippen LogP contribution in [-0.2, 0) is 11.3 Å². The first-order valence-corrected chi connectivity index (χ1v) is 15.3. The molecule has 1 saturated heterocycles. The average Bonchev–Trinajstić information content (AvgIpc) is 3.02. The maximum atomic E-state index is 13.2. The average molecular weight is 601 g/mol. The van der Waals surface area contributed by atoms with Gasteiger partial charge in [-0.3, -0.25) is 0 Å². The van der Waals surface area contributed by atoms with Crippen LogP contribution in [0.15, 0.2) is 57.7 Å². The summed E-state index contributed by atoms with van der Waals surface area (Å²) in [5, 5.41) is 40.7. The number of aliphatic hydroxyl groups excluding tert-OH is 4. The van der Waals surface area contributed by atoms with Gasteiger partial charge < -0.3 is 43.8 Å². The number of benzene rings is 2. The third-order valence-electron chi connectivity index (χ3n) is 7.62. The Bertz CT molecular complexity index is 1310. The van der Waals surface area contributed by atoms with E-state index in [0.29, 0.717) is 17.7 Å². The molecule has 0 amide bonds. The minimum atomic E-state index is -1.72. The summed E-state index contributed by atoms with van der Waals surface area (Å²) in [4.78, 5) is 13.2. The molecule has 1 aliphatic rings. The van der Waals surface area contributed by atoms with Gasteiger partial charge >= 0.3 is 5.63 Å². The van der Waals surface area contributed by atoms with Crippen LogP contribution >= 0.6 is 0 Å². The predicted octanol–water partition coefficient (Wildman–Crippen LogP) is 4.46. The lowest BCUT2D eigenvalue weighted by atomic mass is 9.99. The number of ether oxygens (including phenoxy) is 4. The molecule has 1 aliphatic heterocycles. The van der Waals surface area contributed by atoms with Gasteiger partial charge in [0.15, 0.2) is 5.75 Å². The van der Waals surface area contributed by atoms with E-state index in [1.807, 2.05) is 30.3 Å². The van der Waals surface area contributed by atoms with Gasteiger partial charge in [-0.15, -0.1) is 0 Å². The molecule has 4 rings (SSSR count). The van der Waals surface area contributed by atoms with E-state index >= 15 is 0 Å². The molecule has 3 aromatic rings. The van der Waals surface area contributed by atoms with Crippen LogP contribution in [0.1, 0.15) is 70.3 Å². The Kier molecular flexibility index (Phi) is 12.7. The fraction of sp³-hybridized carbons (Fsp3) is 0.545. The van der Waals surface area contributed by atoms with Gasteiger partial charge in [0.25, 0.3) is 5.75 Å². The minimum Gasteiger partial charge on any atom is -0.493 e. The van der Waals surface area contributed by atoms with Crippen molar-refractivity contribution in [3.63, 3.8) is 0 Å². The molecule has 1 aromatic heterocycles. The van der Waals surface area contributed by atoms with Crippen LogP contribution in [0.2, 0.25) is 0 Å². The first-order valence-electron chi connectivity index (χ1n) is 15.3. The summed E-state index contributed by atoms with van der Waals surface area (Å²) in [5.74, 6) is 0.223. The van der Waals surface area contributed by atoms with Crippen molar-refractivity contribution in [3.05, 3.63) is 64.5 Å². The minimum absolute atomic E-state index is 0.0533.